The number of benzene rings is 2. The lowest BCUT2D eigenvalue weighted by Gasteiger charge is -2.44. The maximum absolute atomic E-state index is 15.4. The van der Waals surface area contributed by atoms with Crippen LogP contribution in [0.2, 0.25) is 0 Å². The van der Waals surface area contributed by atoms with E-state index >= 15 is 8.78 Å². The monoisotopic (exact) mass is 730 g/mol. The number of fused-ring (bicyclic) bond motifs is 1. The number of hydrogen-bond donors (Lipinski definition) is 2. The van der Waals surface area contributed by atoms with Gasteiger partial charge in [-0.3, -0.25) is 39.2 Å². The third-order valence-electron chi connectivity index (χ3n) is 9.89. The van der Waals surface area contributed by atoms with Gasteiger partial charge in [-0.25, -0.2) is 22.0 Å². The first-order chi connectivity index (χ1) is 24.0. The summed E-state index contributed by atoms with van der Waals surface area (Å²) in [6.45, 7) is 6.53. The molecule has 17 heteroatoms. The van der Waals surface area contributed by atoms with E-state index in [1.807, 2.05) is 0 Å². The number of nitrogens with one attached hydrogen (secondary N) is 1. The third-order valence-corrected chi connectivity index (χ3v) is 11.8. The molecule has 0 spiro atoms. The van der Waals surface area contributed by atoms with Crippen LogP contribution in [0.3, 0.4) is 0 Å². The largest absolute Gasteiger partial charge is 0.465 e. The molecule has 4 aliphatic rings. The van der Waals surface area contributed by atoms with E-state index in [2.05, 4.69) is 10.2 Å². The Labute approximate surface area is 294 Å². The molecule has 1 unspecified atom stereocenters. The first-order valence-electron chi connectivity index (χ1n) is 16.7. The van der Waals surface area contributed by atoms with E-state index in [9.17, 15) is 37.5 Å². The smallest absolute Gasteiger partial charge is 0.408 e. The lowest BCUT2D eigenvalue weighted by molar-refractivity contribution is -0.136. The summed E-state index contributed by atoms with van der Waals surface area (Å²) in [5, 5.41) is 11.8. The highest BCUT2D eigenvalue weighted by Crippen LogP contribution is 2.34. The Morgan fingerprint density at radius 1 is 0.980 bits per heavy atom. The van der Waals surface area contributed by atoms with Crippen LogP contribution < -0.4 is 10.2 Å². The standard InChI is InChI=1S/C34H40F2N6O8S/c1-34(2,3)42(33(47)48)26-9-10-40(19-25(26)36)51(49,50)21-6-4-5-20(15-21)18-38-11-13-39(14-12-38)28-17-23-22(16-24(28)35)31(45)41(32(23)46)27-7-8-29(43)37-30(27)44/h4-6,15-17,25-27H,7-14,18-19H2,1-3H3,(H,47,48)(H,37,43,44)/t25-,26+,27?/m1/s1. The van der Waals surface area contributed by atoms with E-state index in [1.54, 1.807) is 37.8 Å². The Hall–Kier alpha value is -4.48. The second-order valence-electron chi connectivity index (χ2n) is 14.3. The van der Waals surface area contributed by atoms with Gasteiger partial charge in [-0.05, 0) is 63.4 Å². The Bertz CT molecular complexity index is 1890. The molecule has 5 amide bonds. The van der Waals surface area contributed by atoms with Crippen LogP contribution in [0.1, 0.15) is 66.3 Å². The quantitative estimate of drug-likeness (QED) is 0.404. The number of nitrogens with zero attached hydrogens (tertiary/aromatic N) is 5. The summed E-state index contributed by atoms with van der Waals surface area (Å²) in [6.07, 6.45) is -2.99. The predicted molar refractivity (Wildman–Crippen MR) is 179 cm³/mol. The molecule has 0 bridgehead atoms. The molecule has 6 rings (SSSR count). The molecule has 3 saturated heterocycles. The Morgan fingerprint density at radius 3 is 2.25 bits per heavy atom. The van der Waals surface area contributed by atoms with Gasteiger partial charge in [-0.2, -0.15) is 4.31 Å². The van der Waals surface area contributed by atoms with Crippen LogP contribution in [0.25, 0.3) is 0 Å². The van der Waals surface area contributed by atoms with Crippen molar-refractivity contribution in [3.63, 3.8) is 0 Å². The molecule has 0 aromatic heterocycles. The molecule has 3 fully saturated rings. The van der Waals surface area contributed by atoms with Crippen molar-refractivity contribution >= 4 is 45.4 Å². The highest BCUT2D eigenvalue weighted by Gasteiger charge is 2.46. The number of carbonyl (C=O) groups excluding carboxylic acids is 4. The van der Waals surface area contributed by atoms with Crippen LogP contribution in [-0.2, 0) is 26.2 Å². The van der Waals surface area contributed by atoms with Gasteiger partial charge in [0.1, 0.15) is 18.0 Å². The normalized spacial score (nSPS) is 23.7. The molecular weight excluding hydrogens is 690 g/mol. The number of anilines is 1. The lowest BCUT2D eigenvalue weighted by Crippen LogP contribution is -2.60. The molecule has 3 atom stereocenters. The number of amides is 5. The fraction of sp³-hybridized carbons (Fsp3) is 0.500. The van der Waals surface area contributed by atoms with Crippen molar-refractivity contribution in [2.24, 2.45) is 0 Å². The number of alkyl halides is 1. The molecule has 0 aliphatic carbocycles. The maximum atomic E-state index is 15.4. The van der Waals surface area contributed by atoms with Crippen LogP contribution in [0, 0.1) is 5.82 Å². The molecule has 0 radical (unpaired) electrons. The number of hydrogen-bond acceptors (Lipinski definition) is 9. The lowest BCUT2D eigenvalue weighted by atomic mass is 9.96. The molecule has 2 aromatic carbocycles. The van der Waals surface area contributed by atoms with Crippen molar-refractivity contribution in [1.82, 2.24) is 24.3 Å². The van der Waals surface area contributed by atoms with Gasteiger partial charge < -0.3 is 10.0 Å². The molecule has 4 aliphatic heterocycles. The highest BCUT2D eigenvalue weighted by atomic mass is 32.2. The Morgan fingerprint density at radius 2 is 1.65 bits per heavy atom. The number of rotatable bonds is 7. The number of sulfonamides is 1. The van der Waals surface area contributed by atoms with Crippen LogP contribution in [0.15, 0.2) is 41.3 Å². The number of carbonyl (C=O) groups is 5. The number of piperidine rings is 2. The van der Waals surface area contributed by atoms with E-state index in [4.69, 9.17) is 0 Å². The summed E-state index contributed by atoms with van der Waals surface area (Å²) in [5.41, 5.74) is -0.187. The van der Waals surface area contributed by atoms with Crippen molar-refractivity contribution in [2.45, 2.75) is 75.3 Å². The summed E-state index contributed by atoms with van der Waals surface area (Å²) in [5.74, 6) is -3.45. The first-order valence-corrected chi connectivity index (χ1v) is 18.2. The van der Waals surface area contributed by atoms with Gasteiger partial charge >= 0.3 is 6.09 Å². The van der Waals surface area contributed by atoms with Gasteiger partial charge in [0, 0.05) is 57.8 Å². The SMILES string of the molecule is CC(C)(C)N(C(=O)O)[C@H]1CCN(S(=O)(=O)c2cccc(CN3CCN(c4cc5c(cc4F)C(=O)N(C4CCC(=O)NC4=O)C5=O)CC3)c2)C[C@H]1F. The van der Waals surface area contributed by atoms with Gasteiger partial charge in [0.15, 0.2) is 0 Å². The van der Waals surface area contributed by atoms with Gasteiger partial charge in [0.05, 0.1) is 27.8 Å². The molecule has 2 N–H and O–H groups in total. The fourth-order valence-corrected chi connectivity index (χ4v) is 8.91. The van der Waals surface area contributed by atoms with Crippen molar-refractivity contribution < 1.29 is 46.3 Å². The molecule has 2 aromatic rings. The van der Waals surface area contributed by atoms with Crippen LogP contribution in [-0.4, -0.2) is 125 Å². The van der Waals surface area contributed by atoms with Gasteiger partial charge in [0.2, 0.25) is 21.8 Å². The van der Waals surface area contributed by atoms with Crippen LogP contribution >= 0.6 is 0 Å². The van der Waals surface area contributed by atoms with E-state index in [-0.39, 0.29) is 47.5 Å². The Balaban J connectivity index is 1.09. The van der Waals surface area contributed by atoms with E-state index in [1.165, 1.54) is 18.2 Å². The second-order valence-corrected chi connectivity index (χ2v) is 16.2. The topological polar surface area (TPSA) is 168 Å². The Kier molecular flexibility index (Phi) is 9.67. The zero-order valence-electron chi connectivity index (χ0n) is 28.5. The maximum Gasteiger partial charge on any atom is 0.408 e. The van der Waals surface area contributed by atoms with E-state index in [0.29, 0.717) is 38.3 Å². The van der Waals surface area contributed by atoms with Crippen LogP contribution in [0.5, 0.6) is 0 Å². The minimum absolute atomic E-state index is 0.000903. The summed E-state index contributed by atoms with van der Waals surface area (Å²) in [7, 11) is -4.08. The summed E-state index contributed by atoms with van der Waals surface area (Å²) in [6, 6.07) is 6.58. The highest BCUT2D eigenvalue weighted by molar-refractivity contribution is 7.89. The minimum Gasteiger partial charge on any atom is -0.465 e. The molecule has 274 valence electrons. The van der Waals surface area contributed by atoms with Gasteiger partial charge in [0.25, 0.3) is 11.8 Å². The summed E-state index contributed by atoms with van der Waals surface area (Å²) < 4.78 is 59.0. The van der Waals surface area contributed by atoms with E-state index < -0.39 is 75.9 Å². The molecule has 0 saturated carbocycles. The van der Waals surface area contributed by atoms with Crippen molar-refractivity contribution in [1.29, 1.82) is 0 Å². The van der Waals surface area contributed by atoms with Crippen molar-refractivity contribution in [3.8, 4) is 0 Å². The predicted octanol–water partition coefficient (Wildman–Crippen LogP) is 2.43. The molecular formula is C34H40F2N6O8S. The third kappa shape index (κ3) is 6.93. The van der Waals surface area contributed by atoms with Crippen LogP contribution in [0.4, 0.5) is 19.3 Å². The average molecular weight is 731 g/mol. The number of piperazine rings is 1. The first kappa shape index (κ1) is 36.3. The summed E-state index contributed by atoms with van der Waals surface area (Å²) >= 11 is 0. The zero-order chi connectivity index (χ0) is 37.0. The second kappa shape index (κ2) is 13.6. The molecule has 4 heterocycles. The number of imide groups is 2. The van der Waals surface area contributed by atoms with Gasteiger partial charge in [-0.15, -0.1) is 0 Å². The molecule has 51 heavy (non-hydrogen) atoms. The van der Waals surface area contributed by atoms with E-state index in [0.717, 1.165) is 20.2 Å². The molecule has 14 nitrogen and oxygen atoms in total. The average Bonchev–Trinajstić information content (AvgIpc) is 3.29. The fourth-order valence-electron chi connectivity index (χ4n) is 7.38. The summed E-state index contributed by atoms with van der Waals surface area (Å²) in [4.78, 5) is 67.8. The number of halogens is 2. The van der Waals surface area contributed by atoms with Gasteiger partial charge in [-0.1, -0.05) is 12.1 Å². The zero-order valence-corrected chi connectivity index (χ0v) is 29.3. The number of carboxylic acid groups (broad SMARTS) is 1. The minimum atomic E-state index is -4.08. The van der Waals surface area contributed by atoms with Crippen molar-refractivity contribution in [2.75, 3.05) is 44.2 Å². The van der Waals surface area contributed by atoms with Crippen molar-refractivity contribution in [3.05, 3.63) is 58.9 Å².